The van der Waals surface area contributed by atoms with E-state index in [0.29, 0.717) is 41.3 Å². The van der Waals surface area contributed by atoms with E-state index in [0.717, 1.165) is 18.4 Å². The van der Waals surface area contributed by atoms with E-state index in [-0.39, 0.29) is 29.6 Å². The van der Waals surface area contributed by atoms with Crippen molar-refractivity contribution in [2.75, 3.05) is 18.4 Å². The number of amides is 2. The SMILES string of the molecule is C=CC(=O)N1CCC[C@@H](n2nc(-c3ccc(Oc4ccccc4)cc3)c3c(NC(=O)O[C@@H](OC(=O)C(C)C)C(C)C)ncnc32)C1. The summed E-state index contributed by atoms with van der Waals surface area (Å²) in [5.41, 5.74) is 1.74. The predicted molar refractivity (Wildman–Crippen MR) is 172 cm³/mol. The minimum absolute atomic E-state index is 0.145. The van der Waals surface area contributed by atoms with Crippen LogP contribution in [0.15, 0.2) is 73.6 Å². The molecule has 12 heteroatoms. The molecule has 12 nitrogen and oxygen atoms in total. The van der Waals surface area contributed by atoms with E-state index in [1.807, 2.05) is 54.6 Å². The number of nitrogens with zero attached hydrogens (tertiary/aromatic N) is 5. The number of nitrogens with one attached hydrogen (secondary N) is 1. The summed E-state index contributed by atoms with van der Waals surface area (Å²) in [7, 11) is 0. The molecule has 0 unspecified atom stereocenters. The number of aromatic nitrogens is 4. The summed E-state index contributed by atoms with van der Waals surface area (Å²) >= 11 is 0. The number of carbonyl (C=O) groups excluding carboxylic acids is 3. The monoisotopic (exact) mass is 626 g/mol. The highest BCUT2D eigenvalue weighted by Crippen LogP contribution is 2.36. The topological polar surface area (TPSA) is 138 Å². The van der Waals surface area contributed by atoms with Crippen LogP contribution in [0.1, 0.15) is 46.6 Å². The number of hydrogen-bond donors (Lipinski definition) is 1. The summed E-state index contributed by atoms with van der Waals surface area (Å²) in [4.78, 5) is 48.5. The molecule has 2 aromatic carbocycles. The van der Waals surface area contributed by atoms with Crippen LogP contribution in [-0.2, 0) is 19.1 Å². The third-order valence-electron chi connectivity index (χ3n) is 7.52. The first-order chi connectivity index (χ1) is 22.1. The Kier molecular flexibility index (Phi) is 9.94. The lowest BCUT2D eigenvalue weighted by atomic mass is 10.1. The largest absolute Gasteiger partial charge is 0.457 e. The van der Waals surface area contributed by atoms with Gasteiger partial charge in [0, 0.05) is 24.6 Å². The van der Waals surface area contributed by atoms with Crippen molar-refractivity contribution in [1.82, 2.24) is 24.6 Å². The Morgan fingerprint density at radius 3 is 2.37 bits per heavy atom. The van der Waals surface area contributed by atoms with Crippen molar-refractivity contribution in [3.63, 3.8) is 0 Å². The normalized spacial score (nSPS) is 15.4. The van der Waals surface area contributed by atoms with Crippen molar-refractivity contribution in [3.8, 4) is 22.8 Å². The molecule has 0 radical (unpaired) electrons. The maximum Gasteiger partial charge on any atom is 0.415 e. The Morgan fingerprint density at radius 1 is 0.978 bits per heavy atom. The van der Waals surface area contributed by atoms with Gasteiger partial charge in [0.05, 0.1) is 17.3 Å². The first kappa shape index (κ1) is 32.1. The fraction of sp³-hybridized carbons (Fsp3) is 0.353. The molecule has 2 aromatic heterocycles. The molecule has 0 bridgehead atoms. The van der Waals surface area contributed by atoms with E-state index in [9.17, 15) is 14.4 Å². The molecule has 46 heavy (non-hydrogen) atoms. The molecule has 4 aromatic rings. The van der Waals surface area contributed by atoms with Gasteiger partial charge in [-0.25, -0.2) is 19.4 Å². The molecule has 0 aliphatic carbocycles. The Labute approximate surface area is 267 Å². The van der Waals surface area contributed by atoms with E-state index in [1.165, 1.54) is 12.4 Å². The summed E-state index contributed by atoms with van der Waals surface area (Å²) in [6.07, 6.45) is 2.26. The number of likely N-dealkylation sites (tertiary alicyclic amines) is 1. The van der Waals surface area contributed by atoms with Crippen LogP contribution in [0.25, 0.3) is 22.3 Å². The van der Waals surface area contributed by atoms with E-state index in [2.05, 4.69) is 21.9 Å². The van der Waals surface area contributed by atoms with Gasteiger partial charge < -0.3 is 19.1 Å². The lowest BCUT2D eigenvalue weighted by Gasteiger charge is -2.32. The van der Waals surface area contributed by atoms with Gasteiger partial charge in [-0.15, -0.1) is 0 Å². The number of carbonyl (C=O) groups is 3. The lowest BCUT2D eigenvalue weighted by Crippen LogP contribution is -2.40. The smallest absolute Gasteiger partial charge is 0.415 e. The highest BCUT2D eigenvalue weighted by molar-refractivity contribution is 6.03. The Morgan fingerprint density at radius 2 is 1.70 bits per heavy atom. The van der Waals surface area contributed by atoms with E-state index in [4.69, 9.17) is 19.3 Å². The first-order valence-corrected chi connectivity index (χ1v) is 15.3. The fourth-order valence-corrected chi connectivity index (χ4v) is 5.09. The second-order valence-corrected chi connectivity index (χ2v) is 11.7. The molecule has 3 heterocycles. The Hall–Kier alpha value is -5.26. The lowest BCUT2D eigenvalue weighted by molar-refractivity contribution is -0.177. The fourth-order valence-electron chi connectivity index (χ4n) is 5.09. The first-order valence-electron chi connectivity index (χ1n) is 15.3. The van der Waals surface area contributed by atoms with Gasteiger partial charge in [0.15, 0.2) is 11.5 Å². The summed E-state index contributed by atoms with van der Waals surface area (Å²) in [6.45, 7) is 11.7. The number of anilines is 1. The zero-order chi connectivity index (χ0) is 32.8. The van der Waals surface area contributed by atoms with E-state index in [1.54, 1.807) is 37.3 Å². The maximum absolute atomic E-state index is 13.2. The average Bonchev–Trinajstić information content (AvgIpc) is 3.45. The number of piperidine rings is 1. The summed E-state index contributed by atoms with van der Waals surface area (Å²) < 4.78 is 18.7. The highest BCUT2D eigenvalue weighted by Gasteiger charge is 2.30. The van der Waals surface area contributed by atoms with Gasteiger partial charge in [-0.05, 0) is 55.3 Å². The molecule has 1 aliphatic heterocycles. The Balaban J connectivity index is 1.50. The summed E-state index contributed by atoms with van der Waals surface area (Å²) in [6, 6.07) is 16.7. The van der Waals surface area contributed by atoms with Gasteiger partial charge in [0.25, 0.3) is 6.29 Å². The van der Waals surface area contributed by atoms with Crippen molar-refractivity contribution in [2.24, 2.45) is 11.8 Å². The number of fused-ring (bicyclic) bond motifs is 1. The third-order valence-corrected chi connectivity index (χ3v) is 7.52. The zero-order valence-electron chi connectivity index (χ0n) is 26.4. The Bertz CT molecular complexity index is 1700. The number of para-hydroxylation sites is 1. The van der Waals surface area contributed by atoms with Gasteiger partial charge in [-0.2, -0.15) is 5.10 Å². The van der Waals surface area contributed by atoms with Crippen LogP contribution in [0.3, 0.4) is 0 Å². The van der Waals surface area contributed by atoms with E-state index < -0.39 is 18.4 Å². The van der Waals surface area contributed by atoms with Crippen molar-refractivity contribution in [2.45, 2.75) is 52.9 Å². The molecule has 1 fully saturated rings. The van der Waals surface area contributed by atoms with Crippen LogP contribution in [0.4, 0.5) is 10.6 Å². The molecule has 1 saturated heterocycles. The van der Waals surface area contributed by atoms with Crippen LogP contribution < -0.4 is 10.1 Å². The minimum Gasteiger partial charge on any atom is -0.457 e. The third kappa shape index (κ3) is 7.33. The van der Waals surface area contributed by atoms with Crippen LogP contribution in [0.5, 0.6) is 11.5 Å². The van der Waals surface area contributed by atoms with Crippen LogP contribution in [0, 0.1) is 11.8 Å². The second kappa shape index (κ2) is 14.2. The molecular formula is C34H38N6O6. The molecule has 2 atom stereocenters. The molecular weight excluding hydrogens is 588 g/mol. The average molecular weight is 627 g/mol. The van der Waals surface area contributed by atoms with Gasteiger partial charge in [-0.3, -0.25) is 14.9 Å². The maximum atomic E-state index is 13.2. The molecule has 0 spiro atoms. The summed E-state index contributed by atoms with van der Waals surface area (Å²) in [5, 5.41) is 8.19. The van der Waals surface area contributed by atoms with Gasteiger partial charge >= 0.3 is 12.1 Å². The van der Waals surface area contributed by atoms with Crippen molar-refractivity contribution in [1.29, 1.82) is 0 Å². The van der Waals surface area contributed by atoms with Gasteiger partial charge in [0.1, 0.15) is 23.5 Å². The molecule has 1 N–H and O–H groups in total. The van der Waals surface area contributed by atoms with Crippen molar-refractivity contribution < 1.29 is 28.6 Å². The molecule has 5 rings (SSSR count). The molecule has 0 saturated carbocycles. The molecule has 1 aliphatic rings. The molecule has 240 valence electrons. The predicted octanol–water partition coefficient (Wildman–Crippen LogP) is 6.36. The van der Waals surface area contributed by atoms with Crippen LogP contribution in [-0.4, -0.2) is 62.0 Å². The zero-order valence-corrected chi connectivity index (χ0v) is 26.4. The number of benzene rings is 2. The second-order valence-electron chi connectivity index (χ2n) is 11.7. The number of esters is 1. The highest BCUT2D eigenvalue weighted by atomic mass is 16.7. The minimum atomic E-state index is -1.10. The molecule has 2 amide bonds. The number of hydrogen-bond acceptors (Lipinski definition) is 9. The van der Waals surface area contributed by atoms with Gasteiger partial charge in [0.2, 0.25) is 5.91 Å². The van der Waals surface area contributed by atoms with Crippen LogP contribution in [0.2, 0.25) is 0 Å². The summed E-state index contributed by atoms with van der Waals surface area (Å²) in [5.74, 6) is 0.222. The number of rotatable bonds is 10. The number of ether oxygens (including phenoxy) is 3. The van der Waals surface area contributed by atoms with E-state index >= 15 is 0 Å². The van der Waals surface area contributed by atoms with Crippen molar-refractivity contribution in [3.05, 3.63) is 73.6 Å². The van der Waals surface area contributed by atoms with Crippen molar-refractivity contribution >= 4 is 34.8 Å². The van der Waals surface area contributed by atoms with Crippen LogP contribution >= 0.6 is 0 Å². The standard InChI is InChI=1S/C34H38N6O6/c1-6-27(41)39-18-10-11-24(19-39)40-31-28(29(38-40)23-14-16-26(17-15-23)44-25-12-8-7-9-13-25)30(35-20-36-31)37-34(43)46-33(22(4)5)45-32(42)21(2)3/h6-9,12-17,20-22,24,33H,1,10-11,18-19H2,2-5H3,(H,35,36,37,43)/t24-,33-/m1/s1. The quantitative estimate of drug-likeness (QED) is 0.121. The van der Waals surface area contributed by atoms with Gasteiger partial charge in [-0.1, -0.05) is 52.5 Å².